The van der Waals surface area contributed by atoms with Gasteiger partial charge in [0, 0.05) is 11.0 Å². The van der Waals surface area contributed by atoms with Gasteiger partial charge in [-0.15, -0.1) is 0 Å². The number of hydrogen-bond acceptors (Lipinski definition) is 4. The van der Waals surface area contributed by atoms with Crippen molar-refractivity contribution < 1.29 is 13.9 Å². The lowest BCUT2D eigenvalue weighted by atomic mass is 9.86. The number of pyridine rings is 1. The van der Waals surface area contributed by atoms with E-state index in [0.717, 1.165) is 16.9 Å². The maximum Gasteiger partial charge on any atom is 0.253 e. The molecule has 31 heavy (non-hydrogen) atoms. The molecule has 0 atom stereocenters. The molecule has 2 aliphatic rings. The van der Waals surface area contributed by atoms with Gasteiger partial charge in [-0.2, -0.15) is 5.26 Å². The molecule has 0 bridgehead atoms. The van der Waals surface area contributed by atoms with Crippen LogP contribution in [0.1, 0.15) is 52.2 Å². The number of rotatable bonds is 3. The number of nitriles is 1. The highest BCUT2D eigenvalue weighted by Gasteiger charge is 2.32. The van der Waals surface area contributed by atoms with Crippen molar-refractivity contribution in [1.82, 2.24) is 10.3 Å². The Morgan fingerprint density at radius 3 is 2.87 bits per heavy atom. The summed E-state index contributed by atoms with van der Waals surface area (Å²) in [6, 6.07) is 14.3. The van der Waals surface area contributed by atoms with Crippen molar-refractivity contribution in [2.24, 2.45) is 0 Å². The number of amides is 1. The third-order valence-electron chi connectivity index (χ3n) is 5.97. The number of nitrogens with one attached hydrogen (secondary N) is 1. The predicted molar refractivity (Wildman–Crippen MR) is 113 cm³/mol. The van der Waals surface area contributed by atoms with Gasteiger partial charge >= 0.3 is 0 Å². The van der Waals surface area contributed by atoms with E-state index in [1.165, 1.54) is 17.7 Å². The van der Waals surface area contributed by atoms with E-state index in [1.54, 1.807) is 12.1 Å². The van der Waals surface area contributed by atoms with Crippen LogP contribution in [0.15, 0.2) is 42.5 Å². The Labute approximate surface area is 179 Å². The molecule has 0 unspecified atom stereocenters. The number of ether oxygens (including phenoxy) is 1. The maximum atomic E-state index is 14.6. The van der Waals surface area contributed by atoms with Crippen LogP contribution in [-0.4, -0.2) is 17.5 Å². The Bertz CT molecular complexity index is 1290. The predicted octanol–water partition coefficient (Wildman–Crippen LogP) is 4.26. The molecule has 0 saturated heterocycles. The van der Waals surface area contributed by atoms with Crippen LogP contribution >= 0.6 is 0 Å². The molecule has 2 aromatic carbocycles. The van der Waals surface area contributed by atoms with Gasteiger partial charge in [-0.05, 0) is 41.8 Å². The quantitative estimate of drug-likeness (QED) is 0.696. The molecule has 5 nitrogen and oxygen atoms in total. The van der Waals surface area contributed by atoms with Crippen molar-refractivity contribution in [3.8, 4) is 23.1 Å². The highest BCUT2D eigenvalue weighted by atomic mass is 19.1. The maximum absolute atomic E-state index is 14.6. The summed E-state index contributed by atoms with van der Waals surface area (Å²) in [7, 11) is 0. The Hall–Kier alpha value is -3.72. The van der Waals surface area contributed by atoms with Gasteiger partial charge in [-0.1, -0.05) is 32.0 Å². The van der Waals surface area contributed by atoms with Gasteiger partial charge in [0.05, 0.1) is 47.3 Å². The topological polar surface area (TPSA) is 75.0 Å². The summed E-state index contributed by atoms with van der Waals surface area (Å²) < 4.78 is 20.5. The summed E-state index contributed by atoms with van der Waals surface area (Å²) in [5.41, 5.74) is 4.71. The zero-order valence-electron chi connectivity index (χ0n) is 17.3. The molecule has 0 radical (unpaired) electrons. The van der Waals surface area contributed by atoms with E-state index in [4.69, 9.17) is 4.74 Å². The van der Waals surface area contributed by atoms with Crippen molar-refractivity contribution >= 4 is 5.91 Å². The fraction of sp³-hybridized carbons (Fsp3) is 0.240. The van der Waals surface area contributed by atoms with Gasteiger partial charge < -0.3 is 10.1 Å². The first-order valence-corrected chi connectivity index (χ1v) is 10.1. The molecular formula is C25H20FN3O2. The average molecular weight is 413 g/mol. The Morgan fingerprint density at radius 1 is 1.23 bits per heavy atom. The number of aromatic nitrogens is 1. The molecule has 154 valence electrons. The van der Waals surface area contributed by atoms with Crippen LogP contribution in [0.5, 0.6) is 5.75 Å². The zero-order valence-corrected chi connectivity index (χ0v) is 17.3. The van der Waals surface area contributed by atoms with E-state index in [9.17, 15) is 14.4 Å². The smallest absolute Gasteiger partial charge is 0.253 e. The van der Waals surface area contributed by atoms with Crippen LogP contribution in [0, 0.1) is 17.1 Å². The van der Waals surface area contributed by atoms with Crippen molar-refractivity contribution in [2.45, 2.75) is 32.2 Å². The van der Waals surface area contributed by atoms with Gasteiger partial charge in [0.25, 0.3) is 5.91 Å². The van der Waals surface area contributed by atoms with E-state index in [-0.39, 0.29) is 29.0 Å². The standard InChI is InChI=1S/C25H20FN3O2/c1-25(2)13-31-21-9-14(6-7-17(21)25)8-16-10-19(29-20-12-28-24(30)23(16)20)22-15(11-27)4-3-5-18(22)26/h3-7,9-10H,8,12-13H2,1-2H3,(H,28,30). The number of carbonyl (C=O) groups excluding carboxylic acids is 1. The molecule has 3 heterocycles. The van der Waals surface area contributed by atoms with E-state index in [0.29, 0.717) is 30.0 Å². The van der Waals surface area contributed by atoms with Crippen molar-refractivity contribution in [3.63, 3.8) is 0 Å². The molecule has 0 saturated carbocycles. The van der Waals surface area contributed by atoms with Crippen LogP contribution in [0.4, 0.5) is 4.39 Å². The minimum absolute atomic E-state index is 0.0304. The molecule has 2 aliphatic heterocycles. The van der Waals surface area contributed by atoms with Gasteiger partial charge in [-0.25, -0.2) is 9.37 Å². The van der Waals surface area contributed by atoms with Gasteiger partial charge in [-0.3, -0.25) is 4.79 Å². The fourth-order valence-electron chi connectivity index (χ4n) is 4.37. The average Bonchev–Trinajstić information content (AvgIpc) is 3.27. The fourth-order valence-corrected chi connectivity index (χ4v) is 4.37. The summed E-state index contributed by atoms with van der Waals surface area (Å²) >= 11 is 0. The van der Waals surface area contributed by atoms with Gasteiger partial charge in [0.2, 0.25) is 0 Å². The van der Waals surface area contributed by atoms with Crippen LogP contribution in [0.2, 0.25) is 0 Å². The summed E-state index contributed by atoms with van der Waals surface area (Å²) in [6.45, 7) is 5.21. The van der Waals surface area contributed by atoms with Crippen molar-refractivity contribution in [3.05, 3.63) is 81.8 Å². The molecule has 1 amide bonds. The molecule has 1 aromatic heterocycles. The monoisotopic (exact) mass is 413 g/mol. The van der Waals surface area contributed by atoms with E-state index in [2.05, 4.69) is 30.2 Å². The lowest BCUT2D eigenvalue weighted by Crippen LogP contribution is -2.18. The molecule has 5 rings (SSSR count). The Balaban J connectivity index is 1.62. The van der Waals surface area contributed by atoms with E-state index < -0.39 is 5.82 Å². The summed E-state index contributed by atoms with van der Waals surface area (Å²) in [5.74, 6) is 0.165. The normalized spacial score (nSPS) is 15.6. The third-order valence-corrected chi connectivity index (χ3v) is 5.97. The largest absolute Gasteiger partial charge is 0.492 e. The first kappa shape index (κ1) is 19.3. The molecule has 6 heteroatoms. The lowest BCUT2D eigenvalue weighted by molar-refractivity contribution is 0.0965. The minimum atomic E-state index is -0.511. The van der Waals surface area contributed by atoms with Gasteiger partial charge in [0.1, 0.15) is 11.6 Å². The van der Waals surface area contributed by atoms with Crippen LogP contribution in [0.3, 0.4) is 0 Å². The van der Waals surface area contributed by atoms with E-state index in [1.807, 2.05) is 18.2 Å². The van der Waals surface area contributed by atoms with Crippen LogP contribution < -0.4 is 10.1 Å². The number of carbonyl (C=O) groups is 1. The summed E-state index contributed by atoms with van der Waals surface area (Å²) in [5, 5.41) is 12.3. The molecule has 1 N–H and O–H groups in total. The van der Waals surface area contributed by atoms with Crippen LogP contribution in [0.25, 0.3) is 11.3 Å². The summed E-state index contributed by atoms with van der Waals surface area (Å²) in [4.78, 5) is 17.0. The second kappa shape index (κ2) is 6.92. The van der Waals surface area contributed by atoms with Crippen LogP contribution in [-0.2, 0) is 18.4 Å². The Morgan fingerprint density at radius 2 is 2.06 bits per heavy atom. The second-order valence-corrected chi connectivity index (χ2v) is 8.63. The zero-order chi connectivity index (χ0) is 21.8. The molecular weight excluding hydrogens is 393 g/mol. The number of fused-ring (bicyclic) bond motifs is 2. The third kappa shape index (κ3) is 3.14. The number of benzene rings is 2. The lowest BCUT2D eigenvalue weighted by Gasteiger charge is -2.15. The molecule has 3 aromatic rings. The minimum Gasteiger partial charge on any atom is -0.492 e. The second-order valence-electron chi connectivity index (χ2n) is 8.63. The SMILES string of the molecule is CC1(C)COc2cc(Cc3cc(-c4c(F)cccc4C#N)nc4c3C(=O)NC4)ccc21. The number of halogens is 1. The Kier molecular flexibility index (Phi) is 4.30. The highest BCUT2D eigenvalue weighted by molar-refractivity contribution is 5.99. The summed E-state index contributed by atoms with van der Waals surface area (Å²) in [6.07, 6.45) is 0.471. The molecule has 0 fully saturated rings. The number of hydrogen-bond donors (Lipinski definition) is 1. The first-order valence-electron chi connectivity index (χ1n) is 10.1. The van der Waals surface area contributed by atoms with Crippen molar-refractivity contribution in [1.29, 1.82) is 5.26 Å². The number of nitrogens with zero attached hydrogens (tertiary/aromatic N) is 2. The van der Waals surface area contributed by atoms with E-state index >= 15 is 0 Å². The highest BCUT2D eigenvalue weighted by Crippen LogP contribution is 2.39. The van der Waals surface area contributed by atoms with Gasteiger partial charge in [0.15, 0.2) is 0 Å². The molecule has 0 aliphatic carbocycles. The van der Waals surface area contributed by atoms with Crippen molar-refractivity contribution in [2.75, 3.05) is 6.61 Å². The first-order chi connectivity index (χ1) is 14.9. The molecule has 0 spiro atoms.